The number of nitrogens with two attached hydrogens (primary N) is 1. The second-order valence-electron chi connectivity index (χ2n) is 2.93. The fourth-order valence-corrected chi connectivity index (χ4v) is 1.33. The normalized spacial score (nSPS) is 10.5. The predicted molar refractivity (Wildman–Crippen MR) is 52.0 cm³/mol. The molecule has 14 heavy (non-hydrogen) atoms. The summed E-state index contributed by atoms with van der Waals surface area (Å²) >= 11 is 0. The fraction of sp³-hybridized carbons (Fsp3) is 0.111. The molecule has 0 radical (unpaired) electrons. The summed E-state index contributed by atoms with van der Waals surface area (Å²) < 4.78 is 12.9. The number of hydrogen-bond acceptors (Lipinski definition) is 4. The zero-order valence-electron chi connectivity index (χ0n) is 7.58. The van der Waals surface area contributed by atoms with Crippen LogP contribution in [0.3, 0.4) is 0 Å². The van der Waals surface area contributed by atoms with Crippen LogP contribution in [0.5, 0.6) is 0 Å². The van der Waals surface area contributed by atoms with E-state index in [1.54, 1.807) is 13.0 Å². The van der Waals surface area contributed by atoms with Crippen molar-refractivity contribution >= 4 is 16.7 Å². The first kappa shape index (κ1) is 8.83. The van der Waals surface area contributed by atoms with E-state index in [4.69, 9.17) is 5.84 Å². The van der Waals surface area contributed by atoms with Gasteiger partial charge >= 0.3 is 0 Å². The van der Waals surface area contributed by atoms with Crippen LogP contribution in [-0.2, 0) is 0 Å². The molecule has 0 bridgehead atoms. The third kappa shape index (κ3) is 1.38. The minimum absolute atomic E-state index is 0.321. The zero-order valence-corrected chi connectivity index (χ0v) is 7.58. The smallest absolute Gasteiger partial charge is 0.151 e. The Hall–Kier alpha value is -1.75. The van der Waals surface area contributed by atoms with Crippen molar-refractivity contribution in [1.29, 1.82) is 0 Å². The molecule has 0 unspecified atom stereocenters. The molecular formula is C9H9FN4. The minimum atomic E-state index is -0.321. The van der Waals surface area contributed by atoms with Crippen LogP contribution >= 0.6 is 0 Å². The number of fused-ring (bicyclic) bond motifs is 1. The Morgan fingerprint density at radius 3 is 2.86 bits per heavy atom. The summed E-state index contributed by atoms with van der Waals surface area (Å²) in [5.74, 6) is 6.03. The van der Waals surface area contributed by atoms with Gasteiger partial charge in [0.2, 0.25) is 0 Å². The maximum Gasteiger partial charge on any atom is 0.151 e. The number of nitrogen functional groups attached to an aromatic ring is 1. The minimum Gasteiger partial charge on any atom is -0.308 e. The van der Waals surface area contributed by atoms with Gasteiger partial charge in [-0.25, -0.2) is 20.2 Å². The summed E-state index contributed by atoms with van der Waals surface area (Å²) in [4.78, 5) is 8.18. The quantitative estimate of drug-likeness (QED) is 0.529. The molecule has 0 atom stereocenters. The molecular weight excluding hydrogens is 183 g/mol. The molecule has 0 aliphatic heterocycles. The number of rotatable bonds is 1. The van der Waals surface area contributed by atoms with Gasteiger partial charge in [-0.2, -0.15) is 0 Å². The zero-order chi connectivity index (χ0) is 10.1. The van der Waals surface area contributed by atoms with Gasteiger partial charge in [0.15, 0.2) is 5.82 Å². The summed E-state index contributed by atoms with van der Waals surface area (Å²) in [5, 5.41) is 0.708. The molecule has 0 amide bonds. The van der Waals surface area contributed by atoms with E-state index in [-0.39, 0.29) is 5.82 Å². The second-order valence-corrected chi connectivity index (χ2v) is 2.93. The predicted octanol–water partition coefficient (Wildman–Crippen LogP) is 1.36. The van der Waals surface area contributed by atoms with Gasteiger partial charge < -0.3 is 5.43 Å². The third-order valence-corrected chi connectivity index (χ3v) is 1.91. The first-order valence-electron chi connectivity index (χ1n) is 4.11. The summed E-state index contributed by atoms with van der Waals surface area (Å²) in [7, 11) is 0. The average Bonchev–Trinajstić information content (AvgIpc) is 2.15. The summed E-state index contributed by atoms with van der Waals surface area (Å²) in [6, 6.07) is 4.30. The van der Waals surface area contributed by atoms with Gasteiger partial charge in [-0.15, -0.1) is 0 Å². The van der Waals surface area contributed by atoms with Gasteiger partial charge in [-0.3, -0.25) is 0 Å². The summed E-state index contributed by atoms with van der Waals surface area (Å²) in [6.07, 6.45) is 0. The van der Waals surface area contributed by atoms with Crippen LogP contribution in [0.15, 0.2) is 18.2 Å². The van der Waals surface area contributed by atoms with Crippen molar-refractivity contribution in [2.45, 2.75) is 6.92 Å². The molecule has 1 aromatic carbocycles. The van der Waals surface area contributed by atoms with E-state index in [9.17, 15) is 4.39 Å². The SMILES string of the molecule is Cc1nc(NN)c2ccc(F)cc2n1. The molecule has 4 nitrogen and oxygen atoms in total. The van der Waals surface area contributed by atoms with Crippen LogP contribution in [-0.4, -0.2) is 9.97 Å². The van der Waals surface area contributed by atoms with Crippen LogP contribution in [0, 0.1) is 12.7 Å². The second kappa shape index (κ2) is 3.19. The molecule has 0 saturated heterocycles. The lowest BCUT2D eigenvalue weighted by Gasteiger charge is -2.05. The highest BCUT2D eigenvalue weighted by Gasteiger charge is 2.04. The van der Waals surface area contributed by atoms with E-state index >= 15 is 0 Å². The number of hydrazine groups is 1. The van der Waals surface area contributed by atoms with Gasteiger partial charge in [0.25, 0.3) is 0 Å². The lowest BCUT2D eigenvalue weighted by Crippen LogP contribution is -2.10. The maximum absolute atomic E-state index is 12.9. The molecule has 1 heterocycles. The number of aryl methyl sites for hydroxylation is 1. The highest BCUT2D eigenvalue weighted by molar-refractivity contribution is 5.88. The highest BCUT2D eigenvalue weighted by atomic mass is 19.1. The van der Waals surface area contributed by atoms with Crippen molar-refractivity contribution in [3.05, 3.63) is 29.8 Å². The number of anilines is 1. The van der Waals surface area contributed by atoms with Crippen molar-refractivity contribution < 1.29 is 4.39 Å². The molecule has 72 valence electrons. The monoisotopic (exact) mass is 192 g/mol. The molecule has 1 aromatic heterocycles. The van der Waals surface area contributed by atoms with E-state index in [2.05, 4.69) is 15.4 Å². The Kier molecular flexibility index (Phi) is 2.01. The Morgan fingerprint density at radius 1 is 1.36 bits per heavy atom. The van der Waals surface area contributed by atoms with Gasteiger partial charge in [-0.05, 0) is 19.1 Å². The number of aromatic nitrogens is 2. The van der Waals surface area contributed by atoms with Crippen molar-refractivity contribution in [3.63, 3.8) is 0 Å². The lowest BCUT2D eigenvalue weighted by molar-refractivity contribution is 0.629. The van der Waals surface area contributed by atoms with Crippen molar-refractivity contribution in [1.82, 2.24) is 9.97 Å². The van der Waals surface area contributed by atoms with Gasteiger partial charge in [-0.1, -0.05) is 0 Å². The van der Waals surface area contributed by atoms with Crippen molar-refractivity contribution in [2.75, 3.05) is 5.43 Å². The van der Waals surface area contributed by atoms with E-state index in [0.717, 1.165) is 0 Å². The first-order valence-corrected chi connectivity index (χ1v) is 4.11. The maximum atomic E-state index is 12.9. The Balaban J connectivity index is 2.81. The van der Waals surface area contributed by atoms with Gasteiger partial charge in [0, 0.05) is 11.5 Å². The summed E-state index contributed by atoms with van der Waals surface area (Å²) in [6.45, 7) is 1.73. The topological polar surface area (TPSA) is 63.8 Å². The van der Waals surface area contributed by atoms with Gasteiger partial charge in [0.05, 0.1) is 5.52 Å². The third-order valence-electron chi connectivity index (χ3n) is 1.91. The molecule has 0 fully saturated rings. The van der Waals surface area contributed by atoms with Gasteiger partial charge in [0.1, 0.15) is 11.6 Å². The van der Waals surface area contributed by atoms with Crippen LogP contribution in [0.25, 0.3) is 10.9 Å². The molecule has 0 aliphatic rings. The molecule has 0 aliphatic carbocycles. The largest absolute Gasteiger partial charge is 0.308 e. The lowest BCUT2D eigenvalue weighted by atomic mass is 10.2. The highest BCUT2D eigenvalue weighted by Crippen LogP contribution is 2.19. The molecule has 2 aromatic rings. The number of nitrogens with zero attached hydrogens (tertiary/aromatic N) is 2. The van der Waals surface area contributed by atoms with E-state index < -0.39 is 0 Å². The number of halogens is 1. The van der Waals surface area contributed by atoms with Crippen molar-refractivity contribution in [3.8, 4) is 0 Å². The average molecular weight is 192 g/mol. The van der Waals surface area contributed by atoms with E-state index in [1.165, 1.54) is 12.1 Å². The van der Waals surface area contributed by atoms with Crippen LogP contribution in [0.4, 0.5) is 10.2 Å². The number of benzene rings is 1. The Bertz CT molecular complexity index is 478. The molecule has 5 heteroatoms. The number of hydrogen-bond donors (Lipinski definition) is 2. The van der Waals surface area contributed by atoms with Crippen LogP contribution in [0.1, 0.15) is 5.82 Å². The Morgan fingerprint density at radius 2 is 2.14 bits per heavy atom. The molecule has 2 rings (SSSR count). The van der Waals surface area contributed by atoms with Crippen LogP contribution in [0.2, 0.25) is 0 Å². The molecule has 0 saturated carbocycles. The van der Waals surface area contributed by atoms with Crippen molar-refractivity contribution in [2.24, 2.45) is 5.84 Å². The van der Waals surface area contributed by atoms with E-state index in [0.29, 0.717) is 22.5 Å². The van der Waals surface area contributed by atoms with Crippen LogP contribution < -0.4 is 11.3 Å². The Labute approximate surface area is 79.9 Å². The molecule has 0 spiro atoms. The fourth-order valence-electron chi connectivity index (χ4n) is 1.33. The first-order chi connectivity index (χ1) is 6.70. The number of nitrogens with one attached hydrogen (secondary N) is 1. The molecule has 3 N–H and O–H groups in total. The van der Waals surface area contributed by atoms with E-state index in [1.807, 2.05) is 0 Å². The standard InChI is InChI=1S/C9H9FN4/c1-5-12-8-4-6(10)2-3-7(8)9(13-5)14-11/h2-4H,11H2,1H3,(H,12,13,14). The summed E-state index contributed by atoms with van der Waals surface area (Å²) in [5.41, 5.74) is 3.00.